The summed E-state index contributed by atoms with van der Waals surface area (Å²) < 4.78 is 5.28. The van der Waals surface area contributed by atoms with E-state index in [0.717, 1.165) is 38.4 Å². The second kappa shape index (κ2) is 8.59. The molecule has 21 heavy (non-hydrogen) atoms. The molecule has 0 aromatic heterocycles. The highest BCUT2D eigenvalue weighted by atomic mass is 35.5. The maximum absolute atomic E-state index is 11.8. The van der Waals surface area contributed by atoms with Gasteiger partial charge in [-0.15, -0.1) is 0 Å². The SMILES string of the molecule is O=C(CCc1ccc(Cl)cc1Cl)NCCN1CCOCC1. The molecule has 1 saturated heterocycles. The summed E-state index contributed by atoms with van der Waals surface area (Å²) in [6.45, 7) is 4.99. The van der Waals surface area contributed by atoms with E-state index in [1.807, 2.05) is 6.07 Å². The Morgan fingerprint density at radius 3 is 2.76 bits per heavy atom. The number of hydrogen-bond donors (Lipinski definition) is 1. The minimum atomic E-state index is 0.0503. The van der Waals surface area contributed by atoms with Crippen LogP contribution in [-0.4, -0.2) is 50.2 Å². The van der Waals surface area contributed by atoms with Gasteiger partial charge >= 0.3 is 0 Å². The molecule has 1 amide bonds. The van der Waals surface area contributed by atoms with Crippen molar-refractivity contribution in [2.45, 2.75) is 12.8 Å². The van der Waals surface area contributed by atoms with Crippen molar-refractivity contribution in [2.75, 3.05) is 39.4 Å². The zero-order chi connectivity index (χ0) is 15.1. The maximum Gasteiger partial charge on any atom is 0.220 e. The van der Waals surface area contributed by atoms with Gasteiger partial charge in [-0.1, -0.05) is 29.3 Å². The molecule has 0 bridgehead atoms. The number of carbonyl (C=O) groups is 1. The average Bonchev–Trinajstić information content (AvgIpc) is 2.47. The third kappa shape index (κ3) is 5.83. The van der Waals surface area contributed by atoms with Crippen molar-refractivity contribution in [3.05, 3.63) is 33.8 Å². The largest absolute Gasteiger partial charge is 0.379 e. The Morgan fingerprint density at radius 1 is 1.29 bits per heavy atom. The third-order valence-electron chi connectivity index (χ3n) is 3.49. The molecule has 1 aromatic carbocycles. The van der Waals surface area contributed by atoms with E-state index in [9.17, 15) is 4.79 Å². The molecule has 116 valence electrons. The highest BCUT2D eigenvalue weighted by molar-refractivity contribution is 6.35. The number of ether oxygens (including phenoxy) is 1. The van der Waals surface area contributed by atoms with Crippen LogP contribution in [0.1, 0.15) is 12.0 Å². The normalized spacial score (nSPS) is 15.9. The first kappa shape index (κ1) is 16.6. The van der Waals surface area contributed by atoms with Gasteiger partial charge in [0.15, 0.2) is 0 Å². The van der Waals surface area contributed by atoms with Crippen LogP contribution in [0.3, 0.4) is 0 Å². The van der Waals surface area contributed by atoms with Crippen LogP contribution in [-0.2, 0) is 16.0 Å². The molecule has 0 radical (unpaired) electrons. The van der Waals surface area contributed by atoms with E-state index in [0.29, 0.717) is 29.4 Å². The Kier molecular flexibility index (Phi) is 6.77. The van der Waals surface area contributed by atoms with E-state index in [4.69, 9.17) is 27.9 Å². The predicted molar refractivity (Wildman–Crippen MR) is 85.1 cm³/mol. The molecule has 1 aliphatic heterocycles. The number of nitrogens with one attached hydrogen (secondary N) is 1. The van der Waals surface area contributed by atoms with Gasteiger partial charge in [-0.05, 0) is 24.1 Å². The first-order valence-electron chi connectivity index (χ1n) is 7.16. The van der Waals surface area contributed by atoms with Crippen molar-refractivity contribution >= 4 is 29.1 Å². The molecule has 0 atom stereocenters. The van der Waals surface area contributed by atoms with Crippen LogP contribution in [0, 0.1) is 0 Å². The van der Waals surface area contributed by atoms with Crippen LogP contribution in [0.2, 0.25) is 10.0 Å². The fourth-order valence-electron chi connectivity index (χ4n) is 2.24. The van der Waals surface area contributed by atoms with Crippen molar-refractivity contribution in [1.82, 2.24) is 10.2 Å². The van der Waals surface area contributed by atoms with Gasteiger partial charge in [0.1, 0.15) is 0 Å². The monoisotopic (exact) mass is 330 g/mol. The van der Waals surface area contributed by atoms with Crippen LogP contribution in [0.4, 0.5) is 0 Å². The summed E-state index contributed by atoms with van der Waals surface area (Å²) in [5.41, 5.74) is 0.949. The number of rotatable bonds is 6. The van der Waals surface area contributed by atoms with Crippen molar-refractivity contribution in [1.29, 1.82) is 0 Å². The lowest BCUT2D eigenvalue weighted by molar-refractivity contribution is -0.121. The van der Waals surface area contributed by atoms with Gasteiger partial charge < -0.3 is 10.1 Å². The minimum absolute atomic E-state index is 0.0503. The van der Waals surface area contributed by atoms with Crippen LogP contribution < -0.4 is 5.32 Å². The van der Waals surface area contributed by atoms with Crippen LogP contribution >= 0.6 is 23.2 Å². The van der Waals surface area contributed by atoms with Crippen molar-refractivity contribution in [2.24, 2.45) is 0 Å². The summed E-state index contributed by atoms with van der Waals surface area (Å²) in [4.78, 5) is 14.1. The van der Waals surface area contributed by atoms with Crippen molar-refractivity contribution in [3.63, 3.8) is 0 Å². The number of benzene rings is 1. The molecule has 0 saturated carbocycles. The van der Waals surface area contributed by atoms with Gasteiger partial charge in [0.05, 0.1) is 13.2 Å². The lowest BCUT2D eigenvalue weighted by Gasteiger charge is -2.26. The molecule has 1 N–H and O–H groups in total. The van der Waals surface area contributed by atoms with E-state index >= 15 is 0 Å². The van der Waals surface area contributed by atoms with E-state index in [1.165, 1.54) is 0 Å². The Balaban J connectivity index is 1.65. The highest BCUT2D eigenvalue weighted by Crippen LogP contribution is 2.21. The number of hydrogen-bond acceptors (Lipinski definition) is 3. The van der Waals surface area contributed by atoms with Gasteiger partial charge in [0, 0.05) is 42.6 Å². The van der Waals surface area contributed by atoms with Crippen LogP contribution in [0.15, 0.2) is 18.2 Å². The van der Waals surface area contributed by atoms with E-state index in [-0.39, 0.29) is 5.91 Å². The summed E-state index contributed by atoms with van der Waals surface area (Å²) in [5.74, 6) is 0.0503. The second-order valence-electron chi connectivity index (χ2n) is 5.04. The topological polar surface area (TPSA) is 41.6 Å². The summed E-state index contributed by atoms with van der Waals surface area (Å²) in [7, 11) is 0. The minimum Gasteiger partial charge on any atom is -0.379 e. The quantitative estimate of drug-likeness (QED) is 0.870. The van der Waals surface area contributed by atoms with Gasteiger partial charge in [-0.25, -0.2) is 0 Å². The molecule has 1 heterocycles. The molecule has 0 spiro atoms. The van der Waals surface area contributed by atoms with E-state index < -0.39 is 0 Å². The number of morpholine rings is 1. The smallest absolute Gasteiger partial charge is 0.220 e. The highest BCUT2D eigenvalue weighted by Gasteiger charge is 2.10. The molecule has 1 aliphatic rings. The van der Waals surface area contributed by atoms with Crippen LogP contribution in [0.25, 0.3) is 0 Å². The lowest BCUT2D eigenvalue weighted by atomic mass is 10.1. The number of halogens is 2. The van der Waals surface area contributed by atoms with Gasteiger partial charge in [0.2, 0.25) is 5.91 Å². The lowest BCUT2D eigenvalue weighted by Crippen LogP contribution is -2.41. The van der Waals surface area contributed by atoms with Crippen molar-refractivity contribution < 1.29 is 9.53 Å². The fraction of sp³-hybridized carbons (Fsp3) is 0.533. The van der Waals surface area contributed by atoms with Gasteiger partial charge in [-0.2, -0.15) is 0 Å². The molecule has 4 nitrogen and oxygen atoms in total. The molecule has 2 rings (SSSR count). The summed E-state index contributed by atoms with van der Waals surface area (Å²) in [6, 6.07) is 5.36. The predicted octanol–water partition coefficient (Wildman–Crippen LogP) is 2.37. The first-order chi connectivity index (χ1) is 10.1. The van der Waals surface area contributed by atoms with E-state index in [2.05, 4.69) is 10.2 Å². The number of carbonyl (C=O) groups excluding carboxylic acids is 1. The zero-order valence-electron chi connectivity index (χ0n) is 11.9. The fourth-order valence-corrected chi connectivity index (χ4v) is 2.74. The summed E-state index contributed by atoms with van der Waals surface area (Å²) in [6.07, 6.45) is 1.06. The molecule has 1 fully saturated rings. The average molecular weight is 331 g/mol. The molecule has 0 aliphatic carbocycles. The Morgan fingerprint density at radius 2 is 2.05 bits per heavy atom. The van der Waals surface area contributed by atoms with Gasteiger partial charge in [-0.3, -0.25) is 9.69 Å². The molecule has 0 unspecified atom stereocenters. The van der Waals surface area contributed by atoms with Crippen LogP contribution in [0.5, 0.6) is 0 Å². The van der Waals surface area contributed by atoms with Gasteiger partial charge in [0.25, 0.3) is 0 Å². The summed E-state index contributed by atoms with van der Waals surface area (Å²) in [5, 5.41) is 4.16. The Hall–Kier alpha value is -0.810. The summed E-state index contributed by atoms with van der Waals surface area (Å²) >= 11 is 11.9. The second-order valence-corrected chi connectivity index (χ2v) is 5.88. The third-order valence-corrected chi connectivity index (χ3v) is 4.08. The number of nitrogens with zero attached hydrogens (tertiary/aromatic N) is 1. The maximum atomic E-state index is 11.8. The standard InChI is InChI=1S/C15H20Cl2N2O2/c16-13-3-1-12(14(17)11-13)2-4-15(20)18-5-6-19-7-9-21-10-8-19/h1,3,11H,2,4-10H2,(H,18,20). The zero-order valence-corrected chi connectivity index (χ0v) is 13.4. The number of amides is 1. The molecular formula is C15H20Cl2N2O2. The first-order valence-corrected chi connectivity index (χ1v) is 7.91. The number of aryl methyl sites for hydroxylation is 1. The molecule has 6 heteroatoms. The van der Waals surface area contributed by atoms with Crippen molar-refractivity contribution in [3.8, 4) is 0 Å². The Labute approximate surface area is 135 Å². The molecule has 1 aromatic rings. The molecular weight excluding hydrogens is 311 g/mol. The van der Waals surface area contributed by atoms with E-state index in [1.54, 1.807) is 12.1 Å². The Bertz CT molecular complexity index is 477.